The molecule has 0 aliphatic rings. The lowest BCUT2D eigenvalue weighted by Crippen LogP contribution is -2.15. The second kappa shape index (κ2) is 12.8. The molecule has 0 aliphatic carbocycles. The summed E-state index contributed by atoms with van der Waals surface area (Å²) in [5.74, 6) is 1.10. The highest BCUT2D eigenvalue weighted by Gasteiger charge is 2.12. The van der Waals surface area contributed by atoms with Gasteiger partial charge in [-0.25, -0.2) is 8.78 Å². The van der Waals surface area contributed by atoms with Gasteiger partial charge in [-0.2, -0.15) is 0 Å². The van der Waals surface area contributed by atoms with E-state index in [4.69, 9.17) is 16.3 Å². The van der Waals surface area contributed by atoms with Crippen molar-refractivity contribution in [1.82, 2.24) is 5.32 Å². The highest BCUT2D eigenvalue weighted by atomic mass is 79.9. The van der Waals surface area contributed by atoms with Gasteiger partial charge in [0.2, 0.25) is 0 Å². The fourth-order valence-corrected chi connectivity index (χ4v) is 3.47. The summed E-state index contributed by atoms with van der Waals surface area (Å²) in [6.45, 7) is 3.87. The number of rotatable bonds is 8. The van der Waals surface area contributed by atoms with Gasteiger partial charge in [0, 0.05) is 15.9 Å². The first kappa shape index (κ1) is 25.3. The van der Waals surface area contributed by atoms with E-state index in [1.54, 1.807) is 18.2 Å². The zero-order valence-corrected chi connectivity index (χ0v) is 18.9. The third kappa shape index (κ3) is 8.68. The number of hydrogen-bond donors (Lipinski definition) is 2. The molecule has 2 aromatic carbocycles. The molecule has 0 saturated heterocycles. The number of nitrogens with one attached hydrogen (secondary N) is 1. The molecule has 2 N–H and O–H groups in total. The lowest BCUT2D eigenvalue weighted by atomic mass is 9.96. The van der Waals surface area contributed by atoms with Crippen molar-refractivity contribution < 1.29 is 23.4 Å². The van der Waals surface area contributed by atoms with E-state index in [1.165, 1.54) is 7.05 Å². The second-order valence-electron chi connectivity index (χ2n) is 6.52. The summed E-state index contributed by atoms with van der Waals surface area (Å²) in [5.41, 5.74) is 2.92. The molecule has 0 fully saturated rings. The summed E-state index contributed by atoms with van der Waals surface area (Å²) < 4.78 is 28.0. The van der Waals surface area contributed by atoms with Crippen molar-refractivity contribution in [2.75, 3.05) is 20.2 Å². The summed E-state index contributed by atoms with van der Waals surface area (Å²) in [5, 5.41) is 12.8. The summed E-state index contributed by atoms with van der Waals surface area (Å²) in [6, 6.07) is 9.11. The van der Waals surface area contributed by atoms with Crippen LogP contribution in [0.25, 0.3) is 0 Å². The Kier molecular flexibility index (Phi) is 11.2. The number of aldehydes is 1. The first-order valence-electron chi connectivity index (χ1n) is 8.98. The maximum absolute atomic E-state index is 11.0. The maximum atomic E-state index is 11.0. The fraction of sp³-hybridized carbons (Fsp3) is 0.381. The SMILES string of the molecule is CC(C)c1cc(Cc2c(Cl)cc(OCC=O)cc2Br)ccc1O.CNCC(F)F. The van der Waals surface area contributed by atoms with Gasteiger partial charge in [0.05, 0.1) is 6.54 Å². The third-order valence-corrected chi connectivity index (χ3v) is 4.93. The molecule has 0 unspecified atom stereocenters. The van der Waals surface area contributed by atoms with Gasteiger partial charge in [0.1, 0.15) is 18.1 Å². The highest BCUT2D eigenvalue weighted by Crippen LogP contribution is 2.34. The van der Waals surface area contributed by atoms with E-state index in [1.807, 2.05) is 26.0 Å². The summed E-state index contributed by atoms with van der Waals surface area (Å²) >= 11 is 9.86. The van der Waals surface area contributed by atoms with Gasteiger partial charge >= 0.3 is 0 Å². The molecule has 29 heavy (non-hydrogen) atoms. The molecule has 0 spiro atoms. The predicted molar refractivity (Wildman–Crippen MR) is 116 cm³/mol. The lowest BCUT2D eigenvalue weighted by Gasteiger charge is -2.13. The van der Waals surface area contributed by atoms with Crippen molar-refractivity contribution in [3.63, 3.8) is 0 Å². The molecule has 0 saturated carbocycles. The quantitative estimate of drug-likeness (QED) is 0.473. The number of phenolic OH excluding ortho intramolecular Hbond substituents is 1. The van der Waals surface area contributed by atoms with E-state index >= 15 is 0 Å². The van der Waals surface area contributed by atoms with Gasteiger partial charge in [0.25, 0.3) is 6.43 Å². The molecule has 0 amide bonds. The Morgan fingerprint density at radius 1 is 1.28 bits per heavy atom. The molecule has 8 heteroatoms. The van der Waals surface area contributed by atoms with Crippen LogP contribution in [-0.2, 0) is 11.2 Å². The predicted octanol–water partition coefficient (Wildman–Crippen LogP) is 5.57. The van der Waals surface area contributed by atoms with E-state index in [0.717, 1.165) is 21.2 Å². The zero-order valence-electron chi connectivity index (χ0n) is 16.5. The minimum Gasteiger partial charge on any atom is -0.508 e. The Labute approximate surface area is 183 Å². The van der Waals surface area contributed by atoms with Crippen molar-refractivity contribution >= 4 is 33.8 Å². The van der Waals surface area contributed by atoms with Crippen LogP contribution in [0.2, 0.25) is 5.02 Å². The lowest BCUT2D eigenvalue weighted by molar-refractivity contribution is -0.109. The van der Waals surface area contributed by atoms with Crippen LogP contribution >= 0.6 is 27.5 Å². The smallest absolute Gasteiger partial charge is 0.250 e. The number of aromatic hydroxyl groups is 1. The Hall–Kier alpha value is -1.70. The number of carbonyl (C=O) groups is 1. The third-order valence-electron chi connectivity index (χ3n) is 3.89. The van der Waals surface area contributed by atoms with Crippen LogP contribution < -0.4 is 10.1 Å². The Bertz CT molecular complexity index is 780. The van der Waals surface area contributed by atoms with Crippen molar-refractivity contribution in [1.29, 1.82) is 0 Å². The molecule has 4 nitrogen and oxygen atoms in total. The van der Waals surface area contributed by atoms with E-state index in [-0.39, 0.29) is 19.1 Å². The molecule has 0 radical (unpaired) electrons. The fourth-order valence-electron chi connectivity index (χ4n) is 2.50. The van der Waals surface area contributed by atoms with Crippen LogP contribution in [0.15, 0.2) is 34.8 Å². The van der Waals surface area contributed by atoms with E-state index in [0.29, 0.717) is 29.2 Å². The van der Waals surface area contributed by atoms with Crippen molar-refractivity contribution in [3.8, 4) is 11.5 Å². The molecule has 0 heterocycles. The van der Waals surface area contributed by atoms with Crippen LogP contribution in [-0.4, -0.2) is 38.0 Å². The number of halogens is 4. The maximum Gasteiger partial charge on any atom is 0.250 e. The molecule has 2 rings (SSSR count). The number of carbonyl (C=O) groups excluding carboxylic acids is 1. The zero-order chi connectivity index (χ0) is 22.0. The molecule has 160 valence electrons. The average Bonchev–Trinajstić information content (AvgIpc) is 2.64. The molecule has 0 aliphatic heterocycles. The Balaban J connectivity index is 0.000000612. The topological polar surface area (TPSA) is 58.6 Å². The standard InChI is InChI=1S/C18H18BrClO3.C3H7F2N/c1-11(2)14-7-12(3-4-18(14)22)8-15-16(19)9-13(10-17(15)20)23-6-5-21;1-6-2-3(4)5/h3-5,7,9-11,22H,6,8H2,1-2H3;3,6H,2H2,1H3. The molecule has 0 atom stereocenters. The van der Waals surface area contributed by atoms with Crippen LogP contribution in [0.4, 0.5) is 8.78 Å². The largest absolute Gasteiger partial charge is 0.508 e. The normalized spacial score (nSPS) is 10.7. The first-order chi connectivity index (χ1) is 13.7. The molecule has 2 aromatic rings. The number of benzene rings is 2. The number of phenols is 1. The number of alkyl halides is 2. The highest BCUT2D eigenvalue weighted by molar-refractivity contribution is 9.10. The number of ether oxygens (including phenoxy) is 1. The summed E-state index contributed by atoms with van der Waals surface area (Å²) in [4.78, 5) is 10.4. The van der Waals surface area contributed by atoms with Crippen LogP contribution in [0.3, 0.4) is 0 Å². The van der Waals surface area contributed by atoms with E-state index in [2.05, 4.69) is 21.2 Å². The van der Waals surface area contributed by atoms with Crippen molar-refractivity contribution in [3.05, 3.63) is 56.5 Å². The van der Waals surface area contributed by atoms with E-state index < -0.39 is 6.43 Å². The van der Waals surface area contributed by atoms with Gasteiger partial charge < -0.3 is 15.2 Å². The van der Waals surface area contributed by atoms with Gasteiger partial charge in [-0.1, -0.05) is 53.5 Å². The second-order valence-corrected chi connectivity index (χ2v) is 7.78. The van der Waals surface area contributed by atoms with Gasteiger partial charge in [-0.15, -0.1) is 0 Å². The van der Waals surface area contributed by atoms with Crippen molar-refractivity contribution in [2.45, 2.75) is 32.6 Å². The monoisotopic (exact) mass is 491 g/mol. The minimum atomic E-state index is -2.21. The first-order valence-corrected chi connectivity index (χ1v) is 10.2. The Morgan fingerprint density at radius 3 is 2.45 bits per heavy atom. The van der Waals surface area contributed by atoms with Crippen LogP contribution in [0.5, 0.6) is 11.5 Å². The van der Waals surface area contributed by atoms with Gasteiger partial charge in [0.15, 0.2) is 6.29 Å². The Morgan fingerprint density at radius 2 is 1.97 bits per heavy atom. The summed E-state index contributed by atoms with van der Waals surface area (Å²) in [7, 11) is 1.49. The van der Waals surface area contributed by atoms with Crippen LogP contribution in [0.1, 0.15) is 36.5 Å². The molecular formula is C21H25BrClF2NO3. The molecule has 0 bridgehead atoms. The average molecular weight is 493 g/mol. The van der Waals surface area contributed by atoms with Gasteiger partial charge in [-0.3, -0.25) is 4.79 Å². The molecular weight excluding hydrogens is 468 g/mol. The van der Waals surface area contributed by atoms with Crippen molar-refractivity contribution in [2.24, 2.45) is 0 Å². The van der Waals surface area contributed by atoms with Crippen LogP contribution in [0, 0.1) is 0 Å². The number of hydrogen-bond acceptors (Lipinski definition) is 4. The molecule has 0 aromatic heterocycles. The minimum absolute atomic E-state index is 0.00216. The van der Waals surface area contributed by atoms with Gasteiger partial charge in [-0.05, 0) is 47.9 Å². The van der Waals surface area contributed by atoms with E-state index in [9.17, 15) is 18.7 Å². The summed E-state index contributed by atoms with van der Waals surface area (Å²) in [6.07, 6.45) is -0.887.